The number of hydrogen-bond acceptors (Lipinski definition) is 3. The van der Waals surface area contributed by atoms with Crippen LogP contribution in [0.3, 0.4) is 0 Å². The number of halogens is 1. The van der Waals surface area contributed by atoms with Crippen molar-refractivity contribution in [2.24, 2.45) is 5.41 Å². The molecule has 0 aliphatic heterocycles. The Hall–Kier alpha value is -1.07. The lowest BCUT2D eigenvalue weighted by atomic mass is 10.1. The van der Waals surface area contributed by atoms with E-state index in [1.807, 2.05) is 0 Å². The highest BCUT2D eigenvalue weighted by molar-refractivity contribution is 7.84. The summed E-state index contributed by atoms with van der Waals surface area (Å²) in [5.41, 5.74) is 0.534. The van der Waals surface area contributed by atoms with Crippen molar-refractivity contribution >= 4 is 28.4 Å². The van der Waals surface area contributed by atoms with Gasteiger partial charge in [-0.15, -0.1) is 0 Å². The van der Waals surface area contributed by atoms with Crippen molar-refractivity contribution < 1.29 is 18.8 Å². The molecule has 1 aromatic carbocycles. The molecule has 1 aromatic rings. The maximum absolute atomic E-state index is 12.2. The molecule has 1 atom stereocenters. The average Bonchev–Trinajstić information content (AvgIpc) is 3.07. The molecule has 1 N–H and O–H groups in total. The smallest absolute Gasteiger partial charge is 0.303 e. The molecule has 4 nitrogen and oxygen atoms in total. The average molecular weight is 317 g/mol. The molecule has 0 spiro atoms. The standard InChI is InChI=1S/C14H17ClO4S/c1-19-12-3-2-11(15)6-10(12)8-20(18)9-14(4-5-14)7-13(16)17/h2-3,6H,4-5,7-9H2,1H3,(H,16,17). The number of carboxylic acid groups (broad SMARTS) is 1. The van der Waals surface area contributed by atoms with Crippen molar-refractivity contribution in [2.45, 2.75) is 25.0 Å². The summed E-state index contributed by atoms with van der Waals surface area (Å²) >= 11 is 5.94. The van der Waals surface area contributed by atoms with Gasteiger partial charge in [0.15, 0.2) is 0 Å². The van der Waals surface area contributed by atoms with E-state index in [0.29, 0.717) is 22.3 Å². The lowest BCUT2D eigenvalue weighted by Gasteiger charge is -2.13. The Morgan fingerprint density at radius 3 is 2.75 bits per heavy atom. The molecule has 0 radical (unpaired) electrons. The number of benzene rings is 1. The first-order valence-electron chi connectivity index (χ1n) is 6.33. The van der Waals surface area contributed by atoms with Crippen LogP contribution in [0.25, 0.3) is 0 Å². The number of methoxy groups -OCH3 is 1. The quantitative estimate of drug-likeness (QED) is 0.840. The Labute approximate surface area is 125 Å². The third-order valence-corrected chi connectivity index (χ3v) is 5.31. The van der Waals surface area contributed by atoms with Crippen LogP contribution in [0.4, 0.5) is 0 Å². The predicted octanol–water partition coefficient (Wildman–Crippen LogP) is 2.85. The topological polar surface area (TPSA) is 63.6 Å². The zero-order valence-electron chi connectivity index (χ0n) is 11.2. The maximum Gasteiger partial charge on any atom is 0.303 e. The molecule has 0 heterocycles. The van der Waals surface area contributed by atoms with E-state index in [4.69, 9.17) is 21.4 Å². The molecule has 1 fully saturated rings. The van der Waals surface area contributed by atoms with Crippen LogP contribution in [0.15, 0.2) is 18.2 Å². The van der Waals surface area contributed by atoms with E-state index >= 15 is 0 Å². The van der Waals surface area contributed by atoms with Gasteiger partial charge in [-0.05, 0) is 36.5 Å². The molecular formula is C14H17ClO4S. The zero-order chi connectivity index (χ0) is 14.8. The van der Waals surface area contributed by atoms with Crippen LogP contribution >= 0.6 is 11.6 Å². The number of aliphatic carboxylic acids is 1. The van der Waals surface area contributed by atoms with E-state index in [2.05, 4.69) is 0 Å². The van der Waals surface area contributed by atoms with E-state index in [1.54, 1.807) is 25.3 Å². The van der Waals surface area contributed by atoms with Gasteiger partial charge in [-0.25, -0.2) is 0 Å². The second kappa shape index (κ2) is 6.14. The molecule has 0 aromatic heterocycles. The molecule has 1 saturated carbocycles. The number of carboxylic acids is 1. The van der Waals surface area contributed by atoms with E-state index in [-0.39, 0.29) is 11.8 Å². The van der Waals surface area contributed by atoms with E-state index < -0.39 is 16.8 Å². The van der Waals surface area contributed by atoms with E-state index in [1.165, 1.54) is 0 Å². The fourth-order valence-corrected chi connectivity index (χ4v) is 4.24. The van der Waals surface area contributed by atoms with Crippen LogP contribution in [-0.4, -0.2) is 28.1 Å². The van der Waals surface area contributed by atoms with Crippen molar-refractivity contribution in [1.82, 2.24) is 0 Å². The van der Waals surface area contributed by atoms with Gasteiger partial charge in [0.2, 0.25) is 0 Å². The molecular weight excluding hydrogens is 300 g/mol. The number of carbonyl (C=O) groups is 1. The summed E-state index contributed by atoms with van der Waals surface area (Å²) in [6, 6.07) is 5.22. The lowest BCUT2D eigenvalue weighted by Crippen LogP contribution is -2.17. The highest BCUT2D eigenvalue weighted by Gasteiger charge is 2.45. The fourth-order valence-electron chi connectivity index (χ4n) is 2.30. The number of ether oxygens (including phenoxy) is 1. The minimum Gasteiger partial charge on any atom is -0.496 e. The van der Waals surface area contributed by atoms with E-state index in [0.717, 1.165) is 18.4 Å². The first-order valence-corrected chi connectivity index (χ1v) is 8.20. The minimum atomic E-state index is -1.12. The van der Waals surface area contributed by atoms with Gasteiger partial charge in [-0.3, -0.25) is 9.00 Å². The normalized spacial score (nSPS) is 17.5. The van der Waals surface area contributed by atoms with Crippen molar-refractivity contribution in [3.05, 3.63) is 28.8 Å². The summed E-state index contributed by atoms with van der Waals surface area (Å²) in [6.45, 7) is 0. The Morgan fingerprint density at radius 1 is 1.50 bits per heavy atom. The summed E-state index contributed by atoms with van der Waals surface area (Å²) in [5.74, 6) is 0.603. The Balaban J connectivity index is 2.02. The van der Waals surface area contributed by atoms with Gasteiger partial charge in [0.25, 0.3) is 0 Å². The van der Waals surface area contributed by atoms with Crippen LogP contribution in [0.2, 0.25) is 5.02 Å². The van der Waals surface area contributed by atoms with Crippen molar-refractivity contribution in [3.8, 4) is 5.75 Å². The summed E-state index contributed by atoms with van der Waals surface area (Å²) in [4.78, 5) is 10.8. The van der Waals surface area contributed by atoms with Gasteiger partial charge < -0.3 is 9.84 Å². The van der Waals surface area contributed by atoms with Crippen LogP contribution < -0.4 is 4.74 Å². The third-order valence-electron chi connectivity index (χ3n) is 3.51. The van der Waals surface area contributed by atoms with Gasteiger partial charge in [-0.2, -0.15) is 0 Å². The summed E-state index contributed by atoms with van der Waals surface area (Å²) in [6.07, 6.45) is 1.79. The van der Waals surface area contributed by atoms with E-state index in [9.17, 15) is 9.00 Å². The van der Waals surface area contributed by atoms with Gasteiger partial charge in [0.05, 0.1) is 19.3 Å². The molecule has 0 saturated heterocycles. The van der Waals surface area contributed by atoms with Crippen LogP contribution in [0, 0.1) is 5.41 Å². The van der Waals surface area contributed by atoms with Gasteiger partial charge in [0.1, 0.15) is 5.75 Å². The van der Waals surface area contributed by atoms with Crippen molar-refractivity contribution in [3.63, 3.8) is 0 Å². The minimum absolute atomic E-state index is 0.103. The first-order chi connectivity index (χ1) is 9.44. The molecule has 20 heavy (non-hydrogen) atoms. The Kier molecular flexibility index (Phi) is 4.70. The van der Waals surface area contributed by atoms with Gasteiger partial charge in [-0.1, -0.05) is 11.6 Å². The largest absolute Gasteiger partial charge is 0.496 e. The number of rotatable bonds is 7. The highest BCUT2D eigenvalue weighted by Crippen LogP contribution is 2.49. The van der Waals surface area contributed by atoms with Crippen LogP contribution in [0.5, 0.6) is 5.75 Å². The maximum atomic E-state index is 12.2. The predicted molar refractivity (Wildman–Crippen MR) is 78.6 cm³/mol. The summed E-state index contributed by atoms with van der Waals surface area (Å²) in [7, 11) is 0.442. The molecule has 110 valence electrons. The molecule has 0 amide bonds. The number of hydrogen-bond donors (Lipinski definition) is 1. The first kappa shape index (κ1) is 15.3. The van der Waals surface area contributed by atoms with Crippen molar-refractivity contribution in [2.75, 3.05) is 12.9 Å². The molecule has 1 unspecified atom stereocenters. The molecule has 1 aliphatic carbocycles. The zero-order valence-corrected chi connectivity index (χ0v) is 12.8. The fraction of sp³-hybridized carbons (Fsp3) is 0.500. The Morgan fingerprint density at radius 2 is 2.20 bits per heavy atom. The third kappa shape index (κ3) is 3.96. The Bertz CT molecular complexity index is 540. The van der Waals surface area contributed by atoms with Crippen LogP contribution in [-0.2, 0) is 21.3 Å². The monoisotopic (exact) mass is 316 g/mol. The second-order valence-corrected chi connectivity index (χ2v) is 7.15. The SMILES string of the molecule is COc1ccc(Cl)cc1CS(=O)CC1(CC(=O)O)CC1. The van der Waals surface area contributed by atoms with Crippen LogP contribution in [0.1, 0.15) is 24.8 Å². The van der Waals surface area contributed by atoms with Gasteiger partial charge in [0, 0.05) is 27.1 Å². The molecule has 2 rings (SSSR count). The molecule has 6 heteroatoms. The summed E-state index contributed by atoms with van der Waals surface area (Å²) in [5, 5.41) is 9.45. The lowest BCUT2D eigenvalue weighted by molar-refractivity contribution is -0.138. The second-order valence-electron chi connectivity index (χ2n) is 5.26. The molecule has 0 bridgehead atoms. The van der Waals surface area contributed by atoms with Crippen molar-refractivity contribution in [1.29, 1.82) is 0 Å². The highest BCUT2D eigenvalue weighted by atomic mass is 35.5. The molecule has 1 aliphatic rings. The van der Waals surface area contributed by atoms with Gasteiger partial charge >= 0.3 is 5.97 Å². The summed E-state index contributed by atoms with van der Waals surface area (Å²) < 4.78 is 17.5.